The topological polar surface area (TPSA) is 91.2 Å². The number of likely N-dealkylation sites (tertiary alicyclic amines) is 1. The van der Waals surface area contributed by atoms with Gasteiger partial charge in [0.15, 0.2) is 17.5 Å². The summed E-state index contributed by atoms with van der Waals surface area (Å²) in [7, 11) is 0. The Morgan fingerprint density at radius 1 is 1.00 bits per heavy atom. The number of nitrogens with one attached hydrogen (secondary N) is 2. The van der Waals surface area contributed by atoms with E-state index in [4.69, 9.17) is 5.73 Å². The SMILES string of the molecule is Cl.NC(=O)C(NC1CCC(c2c[nH]c3ccccc23)CC1)C1CCN(C(=O)C=Cc2cc(F)c(F)c(F)c2)CC1. The van der Waals surface area contributed by atoms with Gasteiger partial charge in [-0.2, -0.15) is 0 Å². The van der Waals surface area contributed by atoms with E-state index < -0.39 is 23.5 Å². The molecule has 1 saturated heterocycles. The number of fused-ring (bicyclic) bond motifs is 1. The van der Waals surface area contributed by atoms with Crippen LogP contribution in [0.5, 0.6) is 0 Å². The molecule has 2 heterocycles. The van der Waals surface area contributed by atoms with Gasteiger partial charge in [0.25, 0.3) is 0 Å². The summed E-state index contributed by atoms with van der Waals surface area (Å²) in [5.74, 6) is -4.34. The number of halogens is 4. The van der Waals surface area contributed by atoms with Gasteiger partial charge in [0.2, 0.25) is 11.8 Å². The van der Waals surface area contributed by atoms with Gasteiger partial charge < -0.3 is 20.9 Å². The van der Waals surface area contributed by atoms with E-state index in [1.54, 1.807) is 4.90 Å². The largest absolute Gasteiger partial charge is 0.368 e. The lowest BCUT2D eigenvalue weighted by Crippen LogP contribution is -2.54. The van der Waals surface area contributed by atoms with Crippen molar-refractivity contribution in [1.29, 1.82) is 0 Å². The fraction of sp³-hybridized carbons (Fsp3) is 0.400. The van der Waals surface area contributed by atoms with Gasteiger partial charge in [0.1, 0.15) is 0 Å². The van der Waals surface area contributed by atoms with Gasteiger partial charge in [-0.3, -0.25) is 9.59 Å². The Balaban J connectivity index is 0.00000370. The van der Waals surface area contributed by atoms with Gasteiger partial charge in [-0.15, -0.1) is 12.4 Å². The zero-order valence-corrected chi connectivity index (χ0v) is 22.9. The molecule has 4 N–H and O–H groups in total. The van der Waals surface area contributed by atoms with Crippen LogP contribution >= 0.6 is 12.4 Å². The third kappa shape index (κ3) is 6.53. The number of aromatic amines is 1. The molecular weight excluding hydrogens is 541 g/mol. The van der Waals surface area contributed by atoms with Crippen LogP contribution in [0.4, 0.5) is 13.2 Å². The van der Waals surface area contributed by atoms with E-state index in [1.807, 2.05) is 6.07 Å². The van der Waals surface area contributed by atoms with Gasteiger partial charge in [0, 0.05) is 42.3 Å². The first-order valence-electron chi connectivity index (χ1n) is 13.5. The second-order valence-electron chi connectivity index (χ2n) is 10.7. The highest BCUT2D eigenvalue weighted by molar-refractivity contribution is 5.92. The Labute approximate surface area is 237 Å². The zero-order valence-electron chi connectivity index (χ0n) is 22.0. The van der Waals surface area contributed by atoms with Crippen LogP contribution in [0.3, 0.4) is 0 Å². The summed E-state index contributed by atoms with van der Waals surface area (Å²) in [6, 6.07) is 9.77. The van der Waals surface area contributed by atoms with Crippen molar-refractivity contribution in [1.82, 2.24) is 15.2 Å². The lowest BCUT2D eigenvalue weighted by Gasteiger charge is -2.38. The van der Waals surface area contributed by atoms with Crippen LogP contribution in [0.1, 0.15) is 55.6 Å². The Hall–Kier alpha value is -3.30. The maximum absolute atomic E-state index is 13.4. The number of nitrogens with two attached hydrogens (primary N) is 1. The molecule has 2 amide bonds. The quantitative estimate of drug-likeness (QED) is 0.260. The Morgan fingerprint density at radius 3 is 2.30 bits per heavy atom. The summed E-state index contributed by atoms with van der Waals surface area (Å²) >= 11 is 0. The first-order valence-corrected chi connectivity index (χ1v) is 13.5. The Morgan fingerprint density at radius 2 is 1.65 bits per heavy atom. The van der Waals surface area contributed by atoms with E-state index in [9.17, 15) is 22.8 Å². The van der Waals surface area contributed by atoms with Crippen molar-refractivity contribution in [2.75, 3.05) is 13.1 Å². The van der Waals surface area contributed by atoms with Gasteiger partial charge in [-0.05, 0) is 85.8 Å². The van der Waals surface area contributed by atoms with Gasteiger partial charge >= 0.3 is 0 Å². The number of hydrogen-bond donors (Lipinski definition) is 3. The van der Waals surface area contributed by atoms with Crippen molar-refractivity contribution in [3.8, 4) is 0 Å². The lowest BCUT2D eigenvalue weighted by atomic mass is 9.80. The molecule has 0 bridgehead atoms. The molecule has 214 valence electrons. The van der Waals surface area contributed by atoms with Gasteiger partial charge in [-0.1, -0.05) is 18.2 Å². The van der Waals surface area contributed by atoms with Gasteiger partial charge in [0.05, 0.1) is 6.04 Å². The lowest BCUT2D eigenvalue weighted by molar-refractivity contribution is -0.128. The van der Waals surface area contributed by atoms with E-state index in [0.29, 0.717) is 31.8 Å². The van der Waals surface area contributed by atoms with Crippen LogP contribution in [0, 0.1) is 23.4 Å². The molecule has 2 aliphatic rings. The minimum atomic E-state index is -1.54. The molecule has 10 heteroatoms. The Bertz CT molecular complexity index is 1360. The van der Waals surface area contributed by atoms with Crippen LogP contribution < -0.4 is 11.1 Å². The van der Waals surface area contributed by atoms with E-state index in [-0.39, 0.29) is 41.7 Å². The summed E-state index contributed by atoms with van der Waals surface area (Å²) in [6.07, 6.45) is 9.83. The number of carbonyl (C=O) groups is 2. The minimum Gasteiger partial charge on any atom is -0.368 e. The average Bonchev–Trinajstić information content (AvgIpc) is 3.38. The van der Waals surface area contributed by atoms with E-state index >= 15 is 0 Å². The number of amides is 2. The number of benzene rings is 2. The molecule has 6 nitrogen and oxygen atoms in total. The molecule has 1 unspecified atom stereocenters. The highest BCUT2D eigenvalue weighted by atomic mass is 35.5. The summed E-state index contributed by atoms with van der Waals surface area (Å²) in [4.78, 5) is 30.0. The molecule has 40 heavy (non-hydrogen) atoms. The van der Waals surface area contributed by atoms with Gasteiger partial charge in [-0.25, -0.2) is 13.2 Å². The normalized spacial score (nSPS) is 20.9. The molecule has 2 aromatic carbocycles. The van der Waals surface area contributed by atoms with Crippen LogP contribution in [0.2, 0.25) is 0 Å². The predicted octanol–water partition coefficient (Wildman–Crippen LogP) is 5.43. The molecule has 0 radical (unpaired) electrons. The van der Waals surface area contributed by atoms with Crippen molar-refractivity contribution >= 4 is 41.2 Å². The number of aromatic nitrogens is 1. The number of carbonyl (C=O) groups excluding carboxylic acids is 2. The van der Waals surface area contributed by atoms with Crippen LogP contribution in [0.15, 0.2) is 48.7 Å². The van der Waals surface area contributed by atoms with Crippen LogP contribution in [-0.2, 0) is 9.59 Å². The molecule has 3 aromatic rings. The molecular formula is C30H34ClF3N4O2. The highest BCUT2D eigenvalue weighted by Gasteiger charge is 2.34. The number of hydrogen-bond acceptors (Lipinski definition) is 3. The third-order valence-corrected chi connectivity index (χ3v) is 8.26. The maximum atomic E-state index is 13.4. The molecule has 5 rings (SSSR count). The Kier molecular flexibility index (Phi) is 9.58. The number of piperidine rings is 1. The van der Waals surface area contributed by atoms with E-state index in [0.717, 1.165) is 43.3 Å². The van der Waals surface area contributed by atoms with Crippen molar-refractivity contribution in [2.45, 2.75) is 56.5 Å². The molecule has 1 saturated carbocycles. The molecule has 1 atom stereocenters. The number of para-hydroxylation sites is 1. The highest BCUT2D eigenvalue weighted by Crippen LogP contribution is 2.37. The van der Waals surface area contributed by atoms with E-state index in [1.165, 1.54) is 23.1 Å². The fourth-order valence-electron chi connectivity index (χ4n) is 6.10. The summed E-state index contributed by atoms with van der Waals surface area (Å²) in [6.45, 7) is 0.886. The number of H-pyrrole nitrogens is 1. The first kappa shape index (κ1) is 29.7. The number of primary amides is 1. The van der Waals surface area contributed by atoms with Crippen molar-refractivity contribution in [2.24, 2.45) is 11.7 Å². The molecule has 1 aliphatic heterocycles. The minimum absolute atomic E-state index is 0. The second kappa shape index (κ2) is 12.9. The second-order valence-corrected chi connectivity index (χ2v) is 10.7. The standard InChI is InChI=1S/C30H33F3N4O2.ClH/c31-24-15-18(16-25(32)28(24)33)5-10-27(38)37-13-11-20(12-14-37)29(30(34)39)36-21-8-6-19(7-9-21)23-17-35-26-4-2-1-3-22(23)26;/h1-5,10,15-17,19-21,29,35-36H,6-9,11-14H2,(H2,34,39);1H. The summed E-state index contributed by atoms with van der Waals surface area (Å²) in [5.41, 5.74) is 8.38. The third-order valence-electron chi connectivity index (χ3n) is 8.26. The molecule has 1 aromatic heterocycles. The molecule has 0 spiro atoms. The van der Waals surface area contributed by atoms with Crippen molar-refractivity contribution in [3.63, 3.8) is 0 Å². The summed E-state index contributed by atoms with van der Waals surface area (Å²) in [5, 5.41) is 4.81. The van der Waals surface area contributed by atoms with Crippen LogP contribution in [-0.4, -0.2) is 46.9 Å². The van der Waals surface area contributed by atoms with E-state index in [2.05, 4.69) is 34.7 Å². The first-order chi connectivity index (χ1) is 18.8. The van der Waals surface area contributed by atoms with Crippen molar-refractivity contribution in [3.05, 3.63) is 77.2 Å². The molecule has 1 aliphatic carbocycles. The van der Waals surface area contributed by atoms with Crippen molar-refractivity contribution < 1.29 is 22.8 Å². The number of nitrogens with zero attached hydrogens (tertiary/aromatic N) is 1. The molecule has 2 fully saturated rings. The fourth-order valence-corrected chi connectivity index (χ4v) is 6.10. The maximum Gasteiger partial charge on any atom is 0.246 e. The monoisotopic (exact) mass is 574 g/mol. The average molecular weight is 575 g/mol. The number of rotatable bonds is 7. The zero-order chi connectivity index (χ0) is 27.5. The smallest absolute Gasteiger partial charge is 0.246 e. The predicted molar refractivity (Wildman–Crippen MR) is 151 cm³/mol. The summed E-state index contributed by atoms with van der Waals surface area (Å²) < 4.78 is 40.0. The van der Waals surface area contributed by atoms with Crippen LogP contribution in [0.25, 0.3) is 17.0 Å².